The fraction of sp³-hybridized carbons (Fsp3) is 0.462. The van der Waals surface area contributed by atoms with Gasteiger partial charge in [-0.2, -0.15) is 0 Å². The highest BCUT2D eigenvalue weighted by molar-refractivity contribution is 14.1. The number of ether oxygens (including phenoxy) is 1. The Kier molecular flexibility index (Phi) is 4.58. The molecule has 0 atom stereocenters. The molecule has 6 heteroatoms. The van der Waals surface area contributed by atoms with Crippen LogP contribution >= 0.6 is 34.2 Å². The van der Waals surface area contributed by atoms with Crippen LogP contribution in [-0.2, 0) is 0 Å². The molecule has 1 aromatic rings. The first-order valence-corrected chi connectivity index (χ1v) is 7.44. The van der Waals surface area contributed by atoms with E-state index in [1.165, 1.54) is 7.11 Å². The van der Waals surface area contributed by atoms with Crippen LogP contribution in [0.5, 0.6) is 5.75 Å². The molecular formula is C13H15ClINO3. The van der Waals surface area contributed by atoms with E-state index in [4.69, 9.17) is 16.3 Å². The first-order chi connectivity index (χ1) is 8.95. The predicted molar refractivity (Wildman–Crippen MR) is 81.9 cm³/mol. The Hall–Kier alpha value is -0.530. The Morgan fingerprint density at radius 1 is 1.58 bits per heavy atom. The lowest BCUT2D eigenvalue weighted by atomic mass is 9.80. The standard InChI is InChI=1S/C13H15ClINO3/c1-19-11-6-10(15)9(14)5-8(11)12(17)16-7-13(18)3-2-4-13/h5-6,18H,2-4,7H2,1H3,(H,16,17). The van der Waals surface area contributed by atoms with E-state index in [-0.39, 0.29) is 12.5 Å². The normalized spacial score (nSPS) is 16.6. The van der Waals surface area contributed by atoms with Crippen molar-refractivity contribution in [1.82, 2.24) is 5.32 Å². The second-order valence-electron chi connectivity index (χ2n) is 4.73. The number of benzene rings is 1. The zero-order chi connectivity index (χ0) is 14.0. The molecule has 0 radical (unpaired) electrons. The molecule has 0 spiro atoms. The van der Waals surface area contributed by atoms with Gasteiger partial charge in [-0.15, -0.1) is 0 Å². The number of methoxy groups -OCH3 is 1. The number of nitrogens with one attached hydrogen (secondary N) is 1. The van der Waals surface area contributed by atoms with Crippen molar-refractivity contribution in [2.24, 2.45) is 0 Å². The van der Waals surface area contributed by atoms with E-state index in [1.807, 2.05) is 0 Å². The summed E-state index contributed by atoms with van der Waals surface area (Å²) in [6.07, 6.45) is 2.47. The molecule has 1 aromatic carbocycles. The van der Waals surface area contributed by atoms with Crippen LogP contribution in [0.2, 0.25) is 5.02 Å². The molecule has 0 heterocycles. The minimum atomic E-state index is -0.740. The summed E-state index contributed by atoms with van der Waals surface area (Å²) in [6, 6.07) is 3.30. The monoisotopic (exact) mass is 395 g/mol. The summed E-state index contributed by atoms with van der Waals surface area (Å²) in [5.74, 6) is 0.197. The summed E-state index contributed by atoms with van der Waals surface area (Å²) in [7, 11) is 1.51. The molecule has 2 rings (SSSR count). The average Bonchev–Trinajstić information content (AvgIpc) is 2.36. The van der Waals surface area contributed by atoms with E-state index >= 15 is 0 Å². The third-order valence-electron chi connectivity index (χ3n) is 3.35. The van der Waals surface area contributed by atoms with E-state index in [1.54, 1.807) is 12.1 Å². The zero-order valence-electron chi connectivity index (χ0n) is 10.5. The second kappa shape index (κ2) is 5.85. The number of carbonyl (C=O) groups excluding carboxylic acids is 1. The number of rotatable bonds is 4. The predicted octanol–water partition coefficient (Wildman–Crippen LogP) is 2.60. The number of carbonyl (C=O) groups is 1. The van der Waals surface area contributed by atoms with E-state index in [9.17, 15) is 9.90 Å². The number of amides is 1. The SMILES string of the molecule is COc1cc(I)c(Cl)cc1C(=O)NCC1(O)CCC1. The van der Waals surface area contributed by atoms with E-state index in [0.717, 1.165) is 22.8 Å². The smallest absolute Gasteiger partial charge is 0.255 e. The first kappa shape index (κ1) is 14.9. The summed E-state index contributed by atoms with van der Waals surface area (Å²) in [4.78, 5) is 12.1. The summed E-state index contributed by atoms with van der Waals surface area (Å²) < 4.78 is 6.01. The van der Waals surface area contributed by atoms with Gasteiger partial charge in [0.1, 0.15) is 5.75 Å². The summed E-state index contributed by atoms with van der Waals surface area (Å²) >= 11 is 8.10. The Morgan fingerprint density at radius 2 is 2.26 bits per heavy atom. The highest BCUT2D eigenvalue weighted by Crippen LogP contribution is 2.31. The first-order valence-electron chi connectivity index (χ1n) is 5.99. The quantitative estimate of drug-likeness (QED) is 0.771. The third kappa shape index (κ3) is 3.32. The fourth-order valence-electron chi connectivity index (χ4n) is 1.98. The van der Waals surface area contributed by atoms with Crippen molar-refractivity contribution in [2.45, 2.75) is 24.9 Å². The molecule has 0 bridgehead atoms. The largest absolute Gasteiger partial charge is 0.496 e. The van der Waals surface area contributed by atoms with Crippen LogP contribution in [-0.4, -0.2) is 30.3 Å². The van der Waals surface area contributed by atoms with E-state index < -0.39 is 5.60 Å². The molecule has 1 amide bonds. The van der Waals surface area contributed by atoms with Gasteiger partial charge < -0.3 is 15.2 Å². The van der Waals surface area contributed by atoms with Crippen LogP contribution in [0.15, 0.2) is 12.1 Å². The molecular weight excluding hydrogens is 381 g/mol. The number of hydrogen-bond acceptors (Lipinski definition) is 3. The van der Waals surface area contributed by atoms with Gasteiger partial charge >= 0.3 is 0 Å². The van der Waals surface area contributed by atoms with Crippen LogP contribution in [0.25, 0.3) is 0 Å². The molecule has 1 aliphatic rings. The molecule has 4 nitrogen and oxygen atoms in total. The van der Waals surface area contributed by atoms with Crippen LogP contribution in [0.1, 0.15) is 29.6 Å². The molecule has 0 aromatic heterocycles. The van der Waals surface area contributed by atoms with Crippen LogP contribution < -0.4 is 10.1 Å². The van der Waals surface area contributed by atoms with Gasteiger partial charge in [-0.05, 0) is 54.0 Å². The van der Waals surface area contributed by atoms with Crippen molar-refractivity contribution in [3.63, 3.8) is 0 Å². The van der Waals surface area contributed by atoms with Crippen molar-refractivity contribution in [2.75, 3.05) is 13.7 Å². The van der Waals surface area contributed by atoms with Gasteiger partial charge in [0, 0.05) is 10.1 Å². The van der Waals surface area contributed by atoms with Crippen LogP contribution in [0.3, 0.4) is 0 Å². The van der Waals surface area contributed by atoms with Crippen molar-refractivity contribution in [1.29, 1.82) is 0 Å². The van der Waals surface area contributed by atoms with Gasteiger partial charge in [0.25, 0.3) is 5.91 Å². The molecule has 19 heavy (non-hydrogen) atoms. The number of hydrogen-bond donors (Lipinski definition) is 2. The minimum absolute atomic E-state index is 0.262. The highest BCUT2D eigenvalue weighted by atomic mass is 127. The fourth-order valence-corrected chi connectivity index (χ4v) is 2.58. The maximum Gasteiger partial charge on any atom is 0.255 e. The maximum absolute atomic E-state index is 12.1. The van der Waals surface area contributed by atoms with Crippen molar-refractivity contribution < 1.29 is 14.6 Å². The second-order valence-corrected chi connectivity index (χ2v) is 6.30. The highest BCUT2D eigenvalue weighted by Gasteiger charge is 2.34. The third-order valence-corrected chi connectivity index (χ3v) is 4.87. The van der Waals surface area contributed by atoms with E-state index in [2.05, 4.69) is 27.9 Å². The lowest BCUT2D eigenvalue weighted by Crippen LogP contribution is -2.47. The molecule has 1 saturated carbocycles. The summed E-state index contributed by atoms with van der Waals surface area (Å²) in [5.41, 5.74) is -0.355. The topological polar surface area (TPSA) is 58.6 Å². The van der Waals surface area contributed by atoms with E-state index in [0.29, 0.717) is 16.3 Å². The number of halogens is 2. The van der Waals surface area contributed by atoms with Gasteiger partial charge in [0.05, 0.1) is 23.3 Å². The van der Waals surface area contributed by atoms with Crippen LogP contribution in [0.4, 0.5) is 0 Å². The number of aliphatic hydroxyl groups is 1. The molecule has 2 N–H and O–H groups in total. The Labute approximate surface area is 130 Å². The van der Waals surface area contributed by atoms with Crippen molar-refractivity contribution >= 4 is 40.1 Å². The molecule has 1 fully saturated rings. The lowest BCUT2D eigenvalue weighted by molar-refractivity contribution is -0.0300. The van der Waals surface area contributed by atoms with Gasteiger partial charge in [-0.25, -0.2) is 0 Å². The van der Waals surface area contributed by atoms with Crippen molar-refractivity contribution in [3.8, 4) is 5.75 Å². The Morgan fingerprint density at radius 3 is 2.79 bits per heavy atom. The lowest BCUT2D eigenvalue weighted by Gasteiger charge is -2.36. The molecule has 0 saturated heterocycles. The van der Waals surface area contributed by atoms with Gasteiger partial charge in [0.2, 0.25) is 0 Å². The maximum atomic E-state index is 12.1. The molecule has 0 aliphatic heterocycles. The minimum Gasteiger partial charge on any atom is -0.496 e. The molecule has 104 valence electrons. The van der Waals surface area contributed by atoms with Gasteiger partial charge in [-0.1, -0.05) is 11.6 Å². The summed E-state index contributed by atoms with van der Waals surface area (Å²) in [6.45, 7) is 0.262. The molecule has 0 unspecified atom stereocenters. The van der Waals surface area contributed by atoms with Crippen LogP contribution in [0, 0.1) is 3.57 Å². The Bertz CT molecular complexity index is 503. The van der Waals surface area contributed by atoms with Gasteiger partial charge in [0.15, 0.2) is 0 Å². The zero-order valence-corrected chi connectivity index (χ0v) is 13.4. The average molecular weight is 396 g/mol. The summed E-state index contributed by atoms with van der Waals surface area (Å²) in [5, 5.41) is 13.2. The molecule has 1 aliphatic carbocycles. The van der Waals surface area contributed by atoms with Gasteiger partial charge in [-0.3, -0.25) is 4.79 Å². The Balaban J connectivity index is 2.11. The van der Waals surface area contributed by atoms with Crippen molar-refractivity contribution in [3.05, 3.63) is 26.3 Å².